The molecule has 1 aromatic rings. The van der Waals surface area contributed by atoms with Gasteiger partial charge in [-0.1, -0.05) is 0 Å². The number of nitrogens with zero attached hydrogens (tertiary/aromatic N) is 1. The maximum absolute atomic E-state index is 12.8. The Hall–Kier alpha value is -2.22. The molecule has 0 fully saturated rings. The van der Waals surface area contributed by atoms with Gasteiger partial charge in [0.1, 0.15) is 17.4 Å². The van der Waals surface area contributed by atoms with Gasteiger partial charge in [-0.15, -0.1) is 0 Å². The molecular formula is C11H7F2NO2. The summed E-state index contributed by atoms with van der Waals surface area (Å²) in [4.78, 5) is 11.6. The molecule has 0 unspecified atom stereocenters. The second-order valence-corrected chi connectivity index (χ2v) is 3.03. The molecule has 1 aromatic carbocycles. The fourth-order valence-corrected chi connectivity index (χ4v) is 1.08. The molecule has 3 nitrogen and oxygen atoms in total. The lowest BCUT2D eigenvalue weighted by Crippen LogP contribution is -2.05. The van der Waals surface area contributed by atoms with Gasteiger partial charge in [0.15, 0.2) is 11.6 Å². The lowest BCUT2D eigenvalue weighted by molar-refractivity contribution is 0.103. The van der Waals surface area contributed by atoms with Crippen LogP contribution in [0.3, 0.4) is 0 Å². The number of carbonyl (C=O) groups is 1. The molecule has 0 radical (unpaired) electrons. The van der Waals surface area contributed by atoms with Gasteiger partial charge < -0.3 is 5.11 Å². The second-order valence-electron chi connectivity index (χ2n) is 3.03. The lowest BCUT2D eigenvalue weighted by Gasteiger charge is -2.01. The molecule has 1 rings (SSSR count). The average Bonchev–Trinajstić information content (AvgIpc) is 2.22. The van der Waals surface area contributed by atoms with E-state index in [2.05, 4.69) is 0 Å². The van der Waals surface area contributed by atoms with Crippen LogP contribution in [0, 0.1) is 23.0 Å². The summed E-state index contributed by atoms with van der Waals surface area (Å²) >= 11 is 0. The van der Waals surface area contributed by atoms with Crippen molar-refractivity contribution in [3.63, 3.8) is 0 Å². The maximum Gasteiger partial charge on any atom is 0.207 e. The highest BCUT2D eigenvalue weighted by atomic mass is 19.2. The number of aliphatic hydroxyl groups is 1. The number of ketones is 1. The molecule has 5 heteroatoms. The Morgan fingerprint density at radius 1 is 1.38 bits per heavy atom. The third-order valence-corrected chi connectivity index (χ3v) is 1.88. The van der Waals surface area contributed by atoms with Crippen LogP contribution >= 0.6 is 0 Å². The number of allylic oxidation sites excluding steroid dienone is 2. The first-order chi connectivity index (χ1) is 7.47. The first-order valence-corrected chi connectivity index (χ1v) is 4.27. The van der Waals surface area contributed by atoms with E-state index < -0.39 is 28.7 Å². The van der Waals surface area contributed by atoms with Crippen LogP contribution in [0.5, 0.6) is 0 Å². The van der Waals surface area contributed by atoms with Gasteiger partial charge in [0.05, 0.1) is 0 Å². The third kappa shape index (κ3) is 2.23. The van der Waals surface area contributed by atoms with E-state index in [-0.39, 0.29) is 5.56 Å². The number of aliphatic hydroxyl groups excluding tert-OH is 1. The average molecular weight is 223 g/mol. The summed E-state index contributed by atoms with van der Waals surface area (Å²) in [5.41, 5.74) is -0.685. The van der Waals surface area contributed by atoms with Gasteiger partial charge in [-0.05, 0) is 25.1 Å². The number of benzene rings is 1. The van der Waals surface area contributed by atoms with Gasteiger partial charge in [-0.25, -0.2) is 8.78 Å². The molecule has 0 aliphatic carbocycles. The summed E-state index contributed by atoms with van der Waals surface area (Å²) in [5.74, 6) is -3.57. The van der Waals surface area contributed by atoms with Crippen LogP contribution in [0.2, 0.25) is 0 Å². The van der Waals surface area contributed by atoms with Gasteiger partial charge in [-0.3, -0.25) is 4.79 Å². The zero-order chi connectivity index (χ0) is 12.3. The van der Waals surface area contributed by atoms with Crippen LogP contribution in [0.15, 0.2) is 29.5 Å². The van der Waals surface area contributed by atoms with E-state index >= 15 is 0 Å². The van der Waals surface area contributed by atoms with Gasteiger partial charge >= 0.3 is 0 Å². The van der Waals surface area contributed by atoms with Crippen molar-refractivity contribution in [2.45, 2.75) is 6.92 Å². The SMILES string of the molecule is CC(O)=C(C#N)C(=O)c1ccc(F)c(F)c1. The van der Waals surface area contributed by atoms with Crippen LogP contribution in [0.4, 0.5) is 8.78 Å². The Morgan fingerprint density at radius 2 is 2.00 bits per heavy atom. The second kappa shape index (κ2) is 4.53. The Labute approximate surface area is 90.2 Å². The largest absolute Gasteiger partial charge is 0.511 e. The zero-order valence-electron chi connectivity index (χ0n) is 8.29. The monoisotopic (exact) mass is 223 g/mol. The summed E-state index contributed by atoms with van der Waals surface area (Å²) in [5, 5.41) is 17.6. The van der Waals surface area contributed by atoms with Crippen molar-refractivity contribution < 1.29 is 18.7 Å². The molecule has 16 heavy (non-hydrogen) atoms. The highest BCUT2D eigenvalue weighted by Crippen LogP contribution is 2.14. The molecule has 0 aliphatic heterocycles. The number of rotatable bonds is 2. The topological polar surface area (TPSA) is 61.1 Å². The Morgan fingerprint density at radius 3 is 2.44 bits per heavy atom. The molecule has 0 aliphatic rings. The van der Waals surface area contributed by atoms with E-state index in [9.17, 15) is 13.6 Å². The van der Waals surface area contributed by atoms with Crippen molar-refractivity contribution >= 4 is 5.78 Å². The number of hydrogen-bond donors (Lipinski definition) is 1. The molecule has 0 saturated heterocycles. The van der Waals surface area contributed by atoms with E-state index in [0.717, 1.165) is 19.1 Å². The first-order valence-electron chi connectivity index (χ1n) is 4.27. The number of carbonyl (C=O) groups excluding carboxylic acids is 1. The number of hydrogen-bond acceptors (Lipinski definition) is 3. The van der Waals surface area contributed by atoms with E-state index in [4.69, 9.17) is 10.4 Å². The standard InChI is InChI=1S/C11H7F2NO2/c1-6(15)8(5-14)11(16)7-2-3-9(12)10(13)4-7/h2-4,15H,1H3. The maximum atomic E-state index is 12.8. The molecular weight excluding hydrogens is 216 g/mol. The van der Waals surface area contributed by atoms with E-state index in [1.54, 1.807) is 0 Å². The van der Waals surface area contributed by atoms with Crippen LogP contribution in [0.25, 0.3) is 0 Å². The minimum Gasteiger partial charge on any atom is -0.511 e. The molecule has 0 saturated carbocycles. The summed E-state index contributed by atoms with van der Waals surface area (Å²) in [7, 11) is 0. The molecule has 0 amide bonds. The minimum atomic E-state index is -1.18. The smallest absolute Gasteiger partial charge is 0.207 e. The Bertz CT molecular complexity index is 511. The first kappa shape index (κ1) is 11.9. The van der Waals surface area contributed by atoms with Crippen LogP contribution in [-0.2, 0) is 0 Å². The van der Waals surface area contributed by atoms with Crippen LogP contribution < -0.4 is 0 Å². The minimum absolute atomic E-state index is 0.191. The fraction of sp³-hybridized carbons (Fsp3) is 0.0909. The quantitative estimate of drug-likeness (QED) is 0.362. The number of halogens is 2. The highest BCUT2D eigenvalue weighted by Gasteiger charge is 2.16. The van der Waals surface area contributed by atoms with Crippen molar-refractivity contribution in [1.29, 1.82) is 5.26 Å². The summed E-state index contributed by atoms with van der Waals surface area (Å²) < 4.78 is 25.4. The lowest BCUT2D eigenvalue weighted by atomic mass is 10.0. The predicted octanol–water partition coefficient (Wildman–Crippen LogP) is 2.50. The summed E-state index contributed by atoms with van der Waals surface area (Å²) in [6.45, 7) is 1.16. The molecule has 82 valence electrons. The number of nitriles is 1. The van der Waals surface area contributed by atoms with Gasteiger partial charge in [0.25, 0.3) is 0 Å². The Kier molecular flexibility index (Phi) is 3.36. The summed E-state index contributed by atoms with van der Waals surface area (Å²) in [6, 6.07) is 4.00. The normalized spacial score (nSPS) is 11.6. The fourth-order valence-electron chi connectivity index (χ4n) is 1.08. The molecule has 0 aromatic heterocycles. The zero-order valence-corrected chi connectivity index (χ0v) is 8.29. The van der Waals surface area contributed by atoms with E-state index in [1.807, 2.05) is 0 Å². The van der Waals surface area contributed by atoms with Crippen LogP contribution in [0.1, 0.15) is 17.3 Å². The van der Waals surface area contributed by atoms with E-state index in [0.29, 0.717) is 6.07 Å². The van der Waals surface area contributed by atoms with Crippen molar-refractivity contribution in [2.75, 3.05) is 0 Å². The highest BCUT2D eigenvalue weighted by molar-refractivity contribution is 6.11. The molecule has 0 atom stereocenters. The van der Waals surface area contributed by atoms with Crippen molar-refractivity contribution in [3.8, 4) is 6.07 Å². The van der Waals surface area contributed by atoms with Gasteiger partial charge in [-0.2, -0.15) is 5.26 Å². The molecule has 0 spiro atoms. The van der Waals surface area contributed by atoms with Crippen molar-refractivity contribution in [3.05, 3.63) is 46.7 Å². The number of Topliss-reactive ketones (excluding diaryl/α,β-unsaturated/α-hetero) is 1. The van der Waals surface area contributed by atoms with Gasteiger partial charge in [0, 0.05) is 5.56 Å². The van der Waals surface area contributed by atoms with Crippen LogP contribution in [-0.4, -0.2) is 10.9 Å². The third-order valence-electron chi connectivity index (χ3n) is 1.88. The van der Waals surface area contributed by atoms with E-state index in [1.165, 1.54) is 6.07 Å². The molecule has 1 N–H and O–H groups in total. The predicted molar refractivity (Wildman–Crippen MR) is 51.6 cm³/mol. The molecule has 0 heterocycles. The Balaban J connectivity index is 3.22. The van der Waals surface area contributed by atoms with Crippen molar-refractivity contribution in [1.82, 2.24) is 0 Å². The van der Waals surface area contributed by atoms with Crippen molar-refractivity contribution in [2.24, 2.45) is 0 Å². The molecule has 0 bridgehead atoms. The van der Waals surface area contributed by atoms with Gasteiger partial charge in [0.2, 0.25) is 5.78 Å². The summed E-state index contributed by atoms with van der Waals surface area (Å²) in [6.07, 6.45) is 0.